The minimum absolute atomic E-state index is 0.283. The number of aromatic nitrogens is 1. The molecule has 0 fully saturated rings. The van der Waals surface area contributed by atoms with Crippen molar-refractivity contribution in [2.45, 2.75) is 13.5 Å². The van der Waals surface area contributed by atoms with Crippen molar-refractivity contribution in [2.75, 3.05) is 12.4 Å². The summed E-state index contributed by atoms with van der Waals surface area (Å²) >= 11 is 1.33. The van der Waals surface area contributed by atoms with Gasteiger partial charge in [-0.05, 0) is 42.3 Å². The van der Waals surface area contributed by atoms with E-state index in [2.05, 4.69) is 15.6 Å². The van der Waals surface area contributed by atoms with E-state index in [0.717, 1.165) is 16.8 Å². The van der Waals surface area contributed by atoms with Crippen molar-refractivity contribution in [3.05, 3.63) is 70.5 Å². The van der Waals surface area contributed by atoms with Crippen molar-refractivity contribution < 1.29 is 13.9 Å². The Bertz CT molecular complexity index is 909. The van der Waals surface area contributed by atoms with Crippen LogP contribution in [0, 0.1) is 12.7 Å². The van der Waals surface area contributed by atoms with E-state index in [1.54, 1.807) is 24.6 Å². The third-order valence-corrected chi connectivity index (χ3v) is 4.46. The lowest BCUT2D eigenvalue weighted by Gasteiger charge is -2.09. The molecule has 0 aliphatic rings. The Hall–Kier alpha value is -2.93. The number of carbonyl (C=O) groups is 1. The summed E-state index contributed by atoms with van der Waals surface area (Å²) in [5, 5.41) is 8.24. The minimum atomic E-state index is -0.304. The molecule has 1 aromatic heterocycles. The number of halogens is 1. The molecule has 0 bridgehead atoms. The summed E-state index contributed by atoms with van der Waals surface area (Å²) in [4.78, 5) is 16.6. The van der Waals surface area contributed by atoms with Crippen LogP contribution in [0.3, 0.4) is 0 Å². The number of anilines is 2. The first-order chi connectivity index (χ1) is 12.5. The molecule has 0 radical (unpaired) electrons. The Balaban J connectivity index is 1.64. The number of carbonyl (C=O) groups excluding carboxylic acids is 1. The van der Waals surface area contributed by atoms with Gasteiger partial charge in [-0.2, -0.15) is 0 Å². The topological polar surface area (TPSA) is 63.2 Å². The first kappa shape index (κ1) is 17.9. The molecule has 0 unspecified atom stereocenters. The molecule has 2 N–H and O–H groups in total. The maximum absolute atomic E-state index is 12.9. The zero-order valence-corrected chi connectivity index (χ0v) is 15.2. The molecule has 3 aromatic rings. The second-order valence-electron chi connectivity index (χ2n) is 5.68. The van der Waals surface area contributed by atoms with E-state index in [0.29, 0.717) is 23.1 Å². The predicted octanol–water partition coefficient (Wildman–Crippen LogP) is 4.27. The number of nitrogens with one attached hydrogen (secondary N) is 2. The van der Waals surface area contributed by atoms with Crippen LogP contribution in [0.2, 0.25) is 0 Å². The van der Waals surface area contributed by atoms with Crippen molar-refractivity contribution in [1.29, 1.82) is 0 Å². The molecule has 0 spiro atoms. The lowest BCUT2D eigenvalue weighted by molar-refractivity contribution is 0.0946. The quantitative estimate of drug-likeness (QED) is 0.679. The number of hydrogen-bond acceptors (Lipinski definition) is 5. The van der Waals surface area contributed by atoms with E-state index in [-0.39, 0.29) is 11.7 Å². The van der Waals surface area contributed by atoms with Gasteiger partial charge in [-0.3, -0.25) is 4.79 Å². The monoisotopic (exact) mass is 371 g/mol. The fraction of sp³-hybridized carbons (Fsp3) is 0.158. The zero-order chi connectivity index (χ0) is 18.5. The van der Waals surface area contributed by atoms with Gasteiger partial charge in [-0.1, -0.05) is 18.2 Å². The summed E-state index contributed by atoms with van der Waals surface area (Å²) in [7, 11) is 1.60. The van der Waals surface area contributed by atoms with Crippen LogP contribution >= 0.6 is 11.3 Å². The third-order valence-electron chi connectivity index (χ3n) is 3.70. The summed E-state index contributed by atoms with van der Waals surface area (Å²) in [6, 6.07) is 11.8. The molecule has 0 saturated carbocycles. The highest BCUT2D eigenvalue weighted by Crippen LogP contribution is 2.29. The van der Waals surface area contributed by atoms with Crippen molar-refractivity contribution >= 4 is 28.1 Å². The highest BCUT2D eigenvalue weighted by Gasteiger charge is 2.12. The molecule has 3 rings (SSSR count). The summed E-state index contributed by atoms with van der Waals surface area (Å²) in [5.41, 5.74) is 3.02. The molecule has 7 heteroatoms. The van der Waals surface area contributed by atoms with Crippen LogP contribution in [0.15, 0.2) is 47.8 Å². The molecule has 5 nitrogen and oxygen atoms in total. The number of hydrogen-bond donors (Lipinski definition) is 2. The molecular weight excluding hydrogens is 353 g/mol. The minimum Gasteiger partial charge on any atom is -0.495 e. The summed E-state index contributed by atoms with van der Waals surface area (Å²) in [6.07, 6.45) is 0. The number of amides is 1. The summed E-state index contributed by atoms with van der Waals surface area (Å²) < 4.78 is 18.2. The normalized spacial score (nSPS) is 10.4. The number of ether oxygens (including phenoxy) is 1. The molecule has 0 aliphatic heterocycles. The molecule has 1 amide bonds. The van der Waals surface area contributed by atoms with Gasteiger partial charge in [0.15, 0.2) is 5.13 Å². The van der Waals surface area contributed by atoms with E-state index in [1.807, 2.05) is 25.1 Å². The largest absolute Gasteiger partial charge is 0.495 e. The van der Waals surface area contributed by atoms with Gasteiger partial charge in [0.25, 0.3) is 5.91 Å². The maximum atomic E-state index is 12.9. The Kier molecular flexibility index (Phi) is 5.48. The van der Waals surface area contributed by atoms with Gasteiger partial charge in [0.05, 0.1) is 12.8 Å². The van der Waals surface area contributed by atoms with Gasteiger partial charge in [0, 0.05) is 11.9 Å². The van der Waals surface area contributed by atoms with E-state index in [4.69, 9.17) is 4.74 Å². The Morgan fingerprint density at radius 2 is 2.00 bits per heavy atom. The smallest absolute Gasteiger partial charge is 0.271 e. The Morgan fingerprint density at radius 1 is 1.23 bits per heavy atom. The fourth-order valence-electron chi connectivity index (χ4n) is 2.35. The number of benzene rings is 2. The van der Waals surface area contributed by atoms with Crippen molar-refractivity contribution in [3.8, 4) is 5.75 Å². The molecule has 26 heavy (non-hydrogen) atoms. The van der Waals surface area contributed by atoms with Gasteiger partial charge in [0.1, 0.15) is 17.3 Å². The van der Waals surface area contributed by atoms with Crippen LogP contribution in [-0.2, 0) is 6.54 Å². The molecule has 2 aromatic carbocycles. The van der Waals surface area contributed by atoms with Crippen molar-refractivity contribution in [2.24, 2.45) is 0 Å². The van der Waals surface area contributed by atoms with Crippen LogP contribution < -0.4 is 15.4 Å². The van der Waals surface area contributed by atoms with E-state index >= 15 is 0 Å². The number of nitrogens with zero attached hydrogens (tertiary/aromatic N) is 1. The second-order valence-corrected chi connectivity index (χ2v) is 6.53. The van der Waals surface area contributed by atoms with Crippen LogP contribution in [0.25, 0.3) is 0 Å². The standard InChI is InChI=1S/C19H18FN3O2S/c1-12-3-8-17(25-2)15(9-12)22-19-23-16(11-26-19)18(24)21-10-13-4-6-14(20)7-5-13/h3-9,11H,10H2,1-2H3,(H,21,24)(H,22,23). The summed E-state index contributed by atoms with van der Waals surface area (Å²) in [5.74, 6) is 0.116. The lowest BCUT2D eigenvalue weighted by atomic mass is 10.2. The Labute approximate surface area is 154 Å². The second kappa shape index (κ2) is 7.97. The predicted molar refractivity (Wildman–Crippen MR) is 101 cm³/mol. The number of thiazole rings is 1. The zero-order valence-electron chi connectivity index (χ0n) is 14.4. The van der Waals surface area contributed by atoms with Gasteiger partial charge in [0.2, 0.25) is 0 Å². The number of aryl methyl sites for hydroxylation is 1. The van der Waals surface area contributed by atoms with Crippen LogP contribution in [0.1, 0.15) is 21.6 Å². The van der Waals surface area contributed by atoms with Crippen LogP contribution in [-0.4, -0.2) is 18.0 Å². The fourth-order valence-corrected chi connectivity index (χ4v) is 3.05. The Morgan fingerprint density at radius 3 is 2.73 bits per heavy atom. The van der Waals surface area contributed by atoms with E-state index < -0.39 is 0 Å². The van der Waals surface area contributed by atoms with Crippen molar-refractivity contribution in [1.82, 2.24) is 10.3 Å². The first-order valence-electron chi connectivity index (χ1n) is 7.95. The highest BCUT2D eigenvalue weighted by molar-refractivity contribution is 7.14. The number of rotatable bonds is 6. The average molecular weight is 371 g/mol. The van der Waals surface area contributed by atoms with Crippen molar-refractivity contribution in [3.63, 3.8) is 0 Å². The maximum Gasteiger partial charge on any atom is 0.271 e. The molecule has 1 heterocycles. The van der Waals surface area contributed by atoms with Crippen LogP contribution in [0.4, 0.5) is 15.2 Å². The van der Waals surface area contributed by atoms with Gasteiger partial charge in [-0.25, -0.2) is 9.37 Å². The molecule has 134 valence electrons. The summed E-state index contributed by atoms with van der Waals surface area (Å²) in [6.45, 7) is 2.30. The third kappa shape index (κ3) is 4.37. The molecule has 0 aliphatic carbocycles. The first-order valence-corrected chi connectivity index (χ1v) is 8.83. The van der Waals surface area contributed by atoms with E-state index in [9.17, 15) is 9.18 Å². The SMILES string of the molecule is COc1ccc(C)cc1Nc1nc(C(=O)NCc2ccc(F)cc2)cs1. The molecule has 0 saturated heterocycles. The highest BCUT2D eigenvalue weighted by atomic mass is 32.1. The molecular formula is C19H18FN3O2S. The lowest BCUT2D eigenvalue weighted by Crippen LogP contribution is -2.23. The van der Waals surface area contributed by atoms with E-state index in [1.165, 1.54) is 23.5 Å². The van der Waals surface area contributed by atoms with Crippen LogP contribution in [0.5, 0.6) is 5.75 Å². The average Bonchev–Trinajstić information content (AvgIpc) is 3.10. The number of methoxy groups -OCH3 is 1. The van der Waals surface area contributed by atoms with Gasteiger partial charge >= 0.3 is 0 Å². The van der Waals surface area contributed by atoms with Gasteiger partial charge in [-0.15, -0.1) is 11.3 Å². The molecule has 0 atom stereocenters. The van der Waals surface area contributed by atoms with Gasteiger partial charge < -0.3 is 15.4 Å².